The zero-order chi connectivity index (χ0) is 19.6. The molecule has 0 saturated carbocycles. The predicted octanol–water partition coefficient (Wildman–Crippen LogP) is 4.33. The van der Waals surface area contributed by atoms with Crippen molar-refractivity contribution in [2.75, 3.05) is 33.4 Å². The predicted molar refractivity (Wildman–Crippen MR) is 107 cm³/mol. The third-order valence-corrected chi connectivity index (χ3v) is 4.02. The Morgan fingerprint density at radius 2 is 1.67 bits per heavy atom. The van der Waals surface area contributed by atoms with Crippen LogP contribution in [0.4, 0.5) is 0 Å². The monoisotopic (exact) mass is 371 g/mol. The highest BCUT2D eigenvalue weighted by molar-refractivity contribution is 5.94. The molecule has 1 amide bonds. The summed E-state index contributed by atoms with van der Waals surface area (Å²) in [6.07, 6.45) is 0.913. The van der Waals surface area contributed by atoms with Crippen molar-refractivity contribution >= 4 is 5.91 Å². The van der Waals surface area contributed by atoms with Gasteiger partial charge in [-0.05, 0) is 50.6 Å². The molecule has 0 aliphatic heterocycles. The second-order valence-electron chi connectivity index (χ2n) is 6.33. The standard InChI is InChI=1S/C22H29NO4/c1-5-14-27-20-12-9-18(16-21(20)25-6-2)22(24)23(4)13-15-26-19-10-7-17(3)8-11-19/h7-12,16H,5-6,13-15H2,1-4H3. The van der Waals surface area contributed by atoms with Crippen LogP contribution >= 0.6 is 0 Å². The largest absolute Gasteiger partial charge is 0.492 e. The normalized spacial score (nSPS) is 10.4. The van der Waals surface area contributed by atoms with E-state index in [2.05, 4.69) is 0 Å². The molecule has 0 N–H and O–H groups in total. The lowest BCUT2D eigenvalue weighted by atomic mass is 10.1. The van der Waals surface area contributed by atoms with Gasteiger partial charge in [0.25, 0.3) is 5.91 Å². The van der Waals surface area contributed by atoms with Gasteiger partial charge < -0.3 is 19.1 Å². The molecule has 0 saturated heterocycles. The maximum Gasteiger partial charge on any atom is 0.253 e. The number of hydrogen-bond acceptors (Lipinski definition) is 4. The fourth-order valence-corrected chi connectivity index (χ4v) is 2.50. The summed E-state index contributed by atoms with van der Waals surface area (Å²) in [5, 5.41) is 0. The summed E-state index contributed by atoms with van der Waals surface area (Å²) >= 11 is 0. The van der Waals surface area contributed by atoms with E-state index in [1.807, 2.05) is 45.0 Å². The minimum Gasteiger partial charge on any atom is -0.492 e. The minimum absolute atomic E-state index is 0.0782. The molecule has 27 heavy (non-hydrogen) atoms. The third kappa shape index (κ3) is 6.20. The first kappa shape index (κ1) is 20.6. The molecule has 0 aliphatic carbocycles. The van der Waals surface area contributed by atoms with Gasteiger partial charge in [-0.3, -0.25) is 4.79 Å². The van der Waals surface area contributed by atoms with Crippen LogP contribution in [0.2, 0.25) is 0 Å². The summed E-state index contributed by atoms with van der Waals surface area (Å²) in [6, 6.07) is 13.2. The topological polar surface area (TPSA) is 48.0 Å². The average molecular weight is 371 g/mol. The Morgan fingerprint density at radius 1 is 0.926 bits per heavy atom. The maximum atomic E-state index is 12.7. The van der Waals surface area contributed by atoms with E-state index in [1.165, 1.54) is 5.56 Å². The van der Waals surface area contributed by atoms with Crippen LogP contribution in [0.25, 0.3) is 0 Å². The van der Waals surface area contributed by atoms with Crippen molar-refractivity contribution < 1.29 is 19.0 Å². The first-order valence-electron chi connectivity index (χ1n) is 9.39. The molecule has 0 atom stereocenters. The summed E-state index contributed by atoms with van der Waals surface area (Å²) in [5.74, 6) is 1.99. The fourth-order valence-electron chi connectivity index (χ4n) is 2.50. The number of hydrogen-bond donors (Lipinski definition) is 0. The van der Waals surface area contributed by atoms with E-state index >= 15 is 0 Å². The zero-order valence-corrected chi connectivity index (χ0v) is 16.7. The Labute approximate surface area is 161 Å². The second kappa shape index (κ2) is 10.5. The Hall–Kier alpha value is -2.69. The molecule has 2 aromatic rings. The van der Waals surface area contributed by atoms with Crippen molar-refractivity contribution in [3.05, 3.63) is 53.6 Å². The summed E-state index contributed by atoms with van der Waals surface area (Å²) in [6.45, 7) is 8.04. The van der Waals surface area contributed by atoms with E-state index in [9.17, 15) is 4.79 Å². The van der Waals surface area contributed by atoms with Crippen LogP contribution in [0.3, 0.4) is 0 Å². The van der Waals surface area contributed by atoms with Crippen molar-refractivity contribution in [2.45, 2.75) is 27.2 Å². The molecule has 5 heteroatoms. The van der Waals surface area contributed by atoms with Crippen LogP contribution in [0.15, 0.2) is 42.5 Å². The van der Waals surface area contributed by atoms with Gasteiger partial charge in [-0.2, -0.15) is 0 Å². The van der Waals surface area contributed by atoms with Crippen LogP contribution in [-0.2, 0) is 0 Å². The zero-order valence-electron chi connectivity index (χ0n) is 16.7. The third-order valence-electron chi connectivity index (χ3n) is 4.02. The summed E-state index contributed by atoms with van der Waals surface area (Å²) in [7, 11) is 1.77. The van der Waals surface area contributed by atoms with Gasteiger partial charge in [-0.25, -0.2) is 0 Å². The van der Waals surface area contributed by atoms with E-state index in [1.54, 1.807) is 30.1 Å². The fraction of sp³-hybridized carbons (Fsp3) is 0.409. The molecule has 146 valence electrons. The lowest BCUT2D eigenvalue weighted by Crippen LogP contribution is -2.30. The van der Waals surface area contributed by atoms with Crippen molar-refractivity contribution in [1.82, 2.24) is 4.90 Å². The van der Waals surface area contributed by atoms with Crippen molar-refractivity contribution in [3.8, 4) is 17.2 Å². The maximum absolute atomic E-state index is 12.7. The molecule has 0 aromatic heterocycles. The average Bonchev–Trinajstić information content (AvgIpc) is 2.68. The number of aryl methyl sites for hydroxylation is 1. The van der Waals surface area contributed by atoms with Crippen LogP contribution in [0, 0.1) is 6.92 Å². The number of carbonyl (C=O) groups is 1. The Bertz CT molecular complexity index is 728. The van der Waals surface area contributed by atoms with Gasteiger partial charge in [0.1, 0.15) is 12.4 Å². The molecule has 0 spiro atoms. The number of rotatable bonds is 10. The molecule has 2 rings (SSSR count). The highest BCUT2D eigenvalue weighted by Crippen LogP contribution is 2.29. The number of nitrogens with zero attached hydrogens (tertiary/aromatic N) is 1. The Kier molecular flexibility index (Phi) is 7.99. The second-order valence-corrected chi connectivity index (χ2v) is 6.33. The van der Waals surface area contributed by atoms with Gasteiger partial charge in [-0.15, -0.1) is 0 Å². The van der Waals surface area contributed by atoms with E-state index in [-0.39, 0.29) is 5.91 Å². The molecule has 0 aliphatic rings. The number of carbonyl (C=O) groups excluding carboxylic acids is 1. The summed E-state index contributed by atoms with van der Waals surface area (Å²) in [4.78, 5) is 14.3. The van der Waals surface area contributed by atoms with Crippen molar-refractivity contribution in [3.63, 3.8) is 0 Å². The molecule has 0 bridgehead atoms. The van der Waals surface area contributed by atoms with Gasteiger partial charge in [0.15, 0.2) is 11.5 Å². The lowest BCUT2D eigenvalue weighted by Gasteiger charge is -2.19. The number of likely N-dealkylation sites (N-methyl/N-ethyl adjacent to an activating group) is 1. The van der Waals surface area contributed by atoms with Gasteiger partial charge in [0, 0.05) is 12.6 Å². The van der Waals surface area contributed by atoms with Crippen LogP contribution in [-0.4, -0.2) is 44.2 Å². The number of benzene rings is 2. The molecule has 0 heterocycles. The quantitative estimate of drug-likeness (QED) is 0.624. The van der Waals surface area contributed by atoms with Crippen LogP contribution in [0.1, 0.15) is 36.2 Å². The van der Waals surface area contributed by atoms with Gasteiger partial charge in [-0.1, -0.05) is 24.6 Å². The smallest absolute Gasteiger partial charge is 0.253 e. The molecule has 5 nitrogen and oxygen atoms in total. The molecular weight excluding hydrogens is 342 g/mol. The van der Waals surface area contributed by atoms with Crippen molar-refractivity contribution in [1.29, 1.82) is 0 Å². The molecule has 0 radical (unpaired) electrons. The molecule has 2 aromatic carbocycles. The van der Waals surface area contributed by atoms with Gasteiger partial charge in [0.2, 0.25) is 0 Å². The van der Waals surface area contributed by atoms with Crippen LogP contribution < -0.4 is 14.2 Å². The highest BCUT2D eigenvalue weighted by atomic mass is 16.5. The minimum atomic E-state index is -0.0782. The Morgan fingerprint density at radius 3 is 2.33 bits per heavy atom. The number of amides is 1. The molecular formula is C22H29NO4. The summed E-state index contributed by atoms with van der Waals surface area (Å²) in [5.41, 5.74) is 1.76. The Balaban J connectivity index is 1.96. The first-order valence-corrected chi connectivity index (χ1v) is 9.39. The van der Waals surface area contributed by atoms with E-state index in [4.69, 9.17) is 14.2 Å². The lowest BCUT2D eigenvalue weighted by molar-refractivity contribution is 0.0773. The van der Waals surface area contributed by atoms with E-state index in [0.717, 1.165) is 12.2 Å². The van der Waals surface area contributed by atoms with Crippen molar-refractivity contribution in [2.24, 2.45) is 0 Å². The van der Waals surface area contributed by atoms with Gasteiger partial charge in [0.05, 0.1) is 19.8 Å². The molecule has 0 fully saturated rings. The highest BCUT2D eigenvalue weighted by Gasteiger charge is 2.15. The first-order chi connectivity index (χ1) is 13.0. The molecule has 0 unspecified atom stereocenters. The summed E-state index contributed by atoms with van der Waals surface area (Å²) < 4.78 is 17.0. The van der Waals surface area contributed by atoms with E-state index in [0.29, 0.717) is 43.4 Å². The van der Waals surface area contributed by atoms with E-state index < -0.39 is 0 Å². The van der Waals surface area contributed by atoms with Crippen LogP contribution in [0.5, 0.6) is 17.2 Å². The number of ether oxygens (including phenoxy) is 3. The SMILES string of the molecule is CCCOc1ccc(C(=O)N(C)CCOc2ccc(C)cc2)cc1OCC. The van der Waals surface area contributed by atoms with Gasteiger partial charge >= 0.3 is 0 Å².